The van der Waals surface area contributed by atoms with Crippen LogP contribution in [0.15, 0.2) is 35.7 Å². The highest BCUT2D eigenvalue weighted by atomic mass is 32.1. The molecule has 2 aromatic heterocycles. The zero-order valence-corrected chi connectivity index (χ0v) is 11.9. The summed E-state index contributed by atoms with van der Waals surface area (Å²) in [4.78, 5) is 15.9. The summed E-state index contributed by atoms with van der Waals surface area (Å²) in [5, 5.41) is 3.00. The molecule has 0 atom stereocenters. The second kappa shape index (κ2) is 5.02. The van der Waals surface area contributed by atoms with Gasteiger partial charge in [0.1, 0.15) is 5.69 Å². The lowest BCUT2D eigenvalue weighted by atomic mass is 10.0. The smallest absolute Gasteiger partial charge is 0.356 e. The third-order valence-corrected chi connectivity index (χ3v) is 3.88. The maximum atomic E-state index is 11.5. The first kappa shape index (κ1) is 12.7. The van der Waals surface area contributed by atoms with Crippen molar-refractivity contribution in [2.45, 2.75) is 6.92 Å². The Bertz CT molecular complexity index is 795. The van der Waals surface area contributed by atoms with Gasteiger partial charge in [0.25, 0.3) is 0 Å². The van der Waals surface area contributed by atoms with Gasteiger partial charge in [0.05, 0.1) is 18.3 Å². The van der Waals surface area contributed by atoms with Crippen LogP contribution in [-0.4, -0.2) is 22.4 Å². The summed E-state index contributed by atoms with van der Waals surface area (Å²) in [6, 6.07) is 9.39. The van der Waals surface area contributed by atoms with Crippen LogP contribution in [0.1, 0.15) is 16.1 Å². The third kappa shape index (κ3) is 2.06. The molecule has 0 N–H and O–H groups in total. The molecule has 20 heavy (non-hydrogen) atoms. The summed E-state index contributed by atoms with van der Waals surface area (Å²) in [7, 11) is 1.35. The van der Waals surface area contributed by atoms with Gasteiger partial charge in [-0.3, -0.25) is 0 Å². The molecular formula is C15H12N2O2S. The van der Waals surface area contributed by atoms with Crippen LogP contribution in [0.2, 0.25) is 0 Å². The highest BCUT2D eigenvalue weighted by Crippen LogP contribution is 2.30. The molecule has 0 fully saturated rings. The maximum absolute atomic E-state index is 11.5. The molecule has 0 saturated heterocycles. The molecule has 3 aromatic rings. The van der Waals surface area contributed by atoms with Crippen LogP contribution in [0, 0.1) is 6.92 Å². The summed E-state index contributed by atoms with van der Waals surface area (Å²) in [6.45, 7) is 2.04. The zero-order chi connectivity index (χ0) is 14.1. The van der Waals surface area contributed by atoms with Crippen LogP contribution in [0.25, 0.3) is 22.2 Å². The monoisotopic (exact) mass is 284 g/mol. The number of hydrogen-bond acceptors (Lipinski definition) is 5. The molecule has 2 heterocycles. The van der Waals surface area contributed by atoms with Crippen molar-refractivity contribution in [3.8, 4) is 11.3 Å². The first-order valence-electron chi connectivity index (χ1n) is 6.10. The zero-order valence-electron chi connectivity index (χ0n) is 11.1. The first-order chi connectivity index (χ1) is 9.70. The summed E-state index contributed by atoms with van der Waals surface area (Å²) in [5.74, 6) is -0.429. The third-order valence-electron chi connectivity index (χ3n) is 3.13. The van der Waals surface area contributed by atoms with Crippen LogP contribution < -0.4 is 0 Å². The number of pyridine rings is 1. The lowest BCUT2D eigenvalue weighted by Crippen LogP contribution is -2.04. The van der Waals surface area contributed by atoms with Crippen molar-refractivity contribution in [3.63, 3.8) is 0 Å². The van der Waals surface area contributed by atoms with E-state index < -0.39 is 5.97 Å². The number of carbonyl (C=O) groups is 1. The van der Waals surface area contributed by atoms with Crippen LogP contribution in [0.3, 0.4) is 0 Å². The normalized spacial score (nSPS) is 10.7. The first-order valence-corrected chi connectivity index (χ1v) is 6.94. The van der Waals surface area contributed by atoms with Crippen molar-refractivity contribution >= 4 is 28.4 Å². The van der Waals surface area contributed by atoms with E-state index in [1.165, 1.54) is 18.6 Å². The van der Waals surface area contributed by atoms with E-state index in [0.29, 0.717) is 5.69 Å². The molecule has 0 spiro atoms. The minimum absolute atomic E-state index is 0.312. The second-order valence-corrected chi connectivity index (χ2v) is 5.04. The number of nitrogens with zero attached hydrogens (tertiary/aromatic N) is 2. The highest BCUT2D eigenvalue weighted by molar-refractivity contribution is 7.04. The van der Waals surface area contributed by atoms with Crippen LogP contribution in [0.4, 0.5) is 0 Å². The van der Waals surface area contributed by atoms with Gasteiger partial charge in [0, 0.05) is 16.3 Å². The Morgan fingerprint density at radius 3 is 2.80 bits per heavy atom. The minimum atomic E-state index is -0.429. The van der Waals surface area contributed by atoms with Gasteiger partial charge >= 0.3 is 5.97 Å². The molecule has 0 aliphatic heterocycles. The number of ether oxygens (including phenoxy) is 1. The maximum Gasteiger partial charge on any atom is 0.356 e. The number of aryl methyl sites for hydroxylation is 1. The van der Waals surface area contributed by atoms with E-state index in [0.717, 1.165) is 27.7 Å². The number of carbonyl (C=O) groups excluding carboxylic acids is 1. The van der Waals surface area contributed by atoms with Gasteiger partial charge in [-0.2, -0.15) is 4.37 Å². The molecule has 100 valence electrons. The van der Waals surface area contributed by atoms with Crippen molar-refractivity contribution in [1.29, 1.82) is 0 Å². The molecule has 3 rings (SSSR count). The highest BCUT2D eigenvalue weighted by Gasteiger charge is 2.12. The lowest BCUT2D eigenvalue weighted by molar-refractivity contribution is 0.0594. The average molecular weight is 284 g/mol. The summed E-state index contributed by atoms with van der Waals surface area (Å²) in [6.07, 6.45) is 0. The number of benzene rings is 1. The fraction of sp³-hybridized carbons (Fsp3) is 0.133. The predicted octanol–water partition coefficient (Wildman–Crippen LogP) is 3.45. The summed E-state index contributed by atoms with van der Waals surface area (Å²) < 4.78 is 9.13. The molecule has 0 unspecified atom stereocenters. The molecule has 1 aromatic carbocycles. The van der Waals surface area contributed by atoms with Crippen LogP contribution in [0.5, 0.6) is 0 Å². The molecule has 0 aliphatic carbocycles. The fourth-order valence-electron chi connectivity index (χ4n) is 2.13. The Labute approximate surface area is 120 Å². The van der Waals surface area contributed by atoms with Crippen molar-refractivity contribution in [2.24, 2.45) is 0 Å². The Morgan fingerprint density at radius 1 is 1.25 bits per heavy atom. The van der Waals surface area contributed by atoms with Gasteiger partial charge in [0.2, 0.25) is 0 Å². The number of esters is 1. The molecule has 0 bridgehead atoms. The van der Waals surface area contributed by atoms with E-state index in [-0.39, 0.29) is 0 Å². The van der Waals surface area contributed by atoms with Gasteiger partial charge in [0.15, 0.2) is 0 Å². The van der Waals surface area contributed by atoms with E-state index in [1.54, 1.807) is 6.07 Å². The number of rotatable bonds is 2. The van der Waals surface area contributed by atoms with E-state index in [2.05, 4.69) is 9.36 Å². The van der Waals surface area contributed by atoms with Crippen molar-refractivity contribution < 1.29 is 9.53 Å². The lowest BCUT2D eigenvalue weighted by Gasteiger charge is -2.06. The van der Waals surface area contributed by atoms with Crippen LogP contribution in [-0.2, 0) is 4.74 Å². The molecule has 0 radical (unpaired) electrons. The Balaban J connectivity index is 2.21. The molecule has 0 saturated carbocycles. The Kier molecular flexibility index (Phi) is 3.20. The number of fused-ring (bicyclic) bond motifs is 1. The molecule has 0 amide bonds. The van der Waals surface area contributed by atoms with Crippen LogP contribution >= 0.6 is 11.5 Å². The van der Waals surface area contributed by atoms with Gasteiger partial charge in [-0.15, -0.1) is 0 Å². The van der Waals surface area contributed by atoms with Gasteiger partial charge in [-0.05, 0) is 42.2 Å². The Hall–Kier alpha value is -2.27. The Morgan fingerprint density at radius 2 is 2.10 bits per heavy atom. The van der Waals surface area contributed by atoms with E-state index in [9.17, 15) is 4.79 Å². The standard InChI is InChI=1S/C15H12N2O2S/c1-9-8-20-17-14(9)11-4-3-5-12-10(11)6-7-13(16-12)15(18)19-2/h3-8H,1-2H3. The number of hydrogen-bond donors (Lipinski definition) is 0. The van der Waals surface area contributed by atoms with Crippen molar-refractivity contribution in [3.05, 3.63) is 47.0 Å². The quantitative estimate of drug-likeness (QED) is 0.676. The van der Waals surface area contributed by atoms with E-state index in [4.69, 9.17) is 4.74 Å². The van der Waals surface area contributed by atoms with Crippen molar-refractivity contribution in [1.82, 2.24) is 9.36 Å². The largest absolute Gasteiger partial charge is 0.464 e. The minimum Gasteiger partial charge on any atom is -0.464 e. The summed E-state index contributed by atoms with van der Waals surface area (Å²) >= 11 is 1.44. The topological polar surface area (TPSA) is 52.1 Å². The SMILES string of the molecule is COC(=O)c1ccc2c(-c3nscc3C)cccc2n1. The number of aromatic nitrogens is 2. The fourth-order valence-corrected chi connectivity index (χ4v) is 2.80. The molecular weight excluding hydrogens is 272 g/mol. The van der Waals surface area contributed by atoms with Gasteiger partial charge < -0.3 is 4.74 Å². The van der Waals surface area contributed by atoms with Crippen molar-refractivity contribution in [2.75, 3.05) is 7.11 Å². The van der Waals surface area contributed by atoms with E-state index >= 15 is 0 Å². The molecule has 4 nitrogen and oxygen atoms in total. The van der Waals surface area contributed by atoms with E-state index in [1.807, 2.05) is 36.6 Å². The number of methoxy groups -OCH3 is 1. The molecule has 5 heteroatoms. The average Bonchev–Trinajstić information content (AvgIpc) is 2.91. The predicted molar refractivity (Wildman–Crippen MR) is 78.9 cm³/mol. The summed E-state index contributed by atoms with van der Waals surface area (Å²) in [5.41, 5.74) is 4.21. The van der Waals surface area contributed by atoms with Gasteiger partial charge in [-0.1, -0.05) is 12.1 Å². The second-order valence-electron chi connectivity index (χ2n) is 4.41. The molecule has 0 aliphatic rings. The van der Waals surface area contributed by atoms with Gasteiger partial charge in [-0.25, -0.2) is 9.78 Å².